The van der Waals surface area contributed by atoms with Crippen molar-refractivity contribution in [3.05, 3.63) is 0 Å². The van der Waals surface area contributed by atoms with Gasteiger partial charge in [-0.15, -0.1) is 0 Å². The number of imide groups is 1. The topological polar surface area (TPSA) is 46.6 Å². The van der Waals surface area contributed by atoms with E-state index in [0.29, 0.717) is 0 Å². The SMILES string of the molecule is CCC[C@H](C(=O)N(C)C(=O)OC(C)(C)C)C(C)C. The van der Waals surface area contributed by atoms with Gasteiger partial charge < -0.3 is 4.74 Å². The van der Waals surface area contributed by atoms with Gasteiger partial charge in [-0.2, -0.15) is 0 Å². The molecule has 0 N–H and O–H groups in total. The van der Waals surface area contributed by atoms with E-state index in [4.69, 9.17) is 4.74 Å². The number of carbonyl (C=O) groups excluding carboxylic acids is 2. The molecule has 0 aromatic rings. The zero-order valence-corrected chi connectivity index (χ0v) is 12.7. The summed E-state index contributed by atoms with van der Waals surface area (Å²) in [7, 11) is 1.49. The van der Waals surface area contributed by atoms with Gasteiger partial charge in [0.15, 0.2) is 0 Å². The first-order chi connectivity index (χ1) is 8.10. The molecule has 0 aliphatic heterocycles. The van der Waals surface area contributed by atoms with Crippen LogP contribution in [0.5, 0.6) is 0 Å². The number of nitrogens with zero attached hydrogens (tertiary/aromatic N) is 1. The van der Waals surface area contributed by atoms with Gasteiger partial charge in [-0.3, -0.25) is 9.69 Å². The van der Waals surface area contributed by atoms with Crippen LogP contribution in [0.2, 0.25) is 0 Å². The van der Waals surface area contributed by atoms with E-state index >= 15 is 0 Å². The van der Waals surface area contributed by atoms with Gasteiger partial charge in [0.1, 0.15) is 5.60 Å². The molecule has 0 aliphatic carbocycles. The Bertz CT molecular complexity index is 292. The average Bonchev–Trinajstić information content (AvgIpc) is 2.21. The third-order valence-corrected chi connectivity index (χ3v) is 2.72. The molecule has 0 unspecified atom stereocenters. The van der Waals surface area contributed by atoms with Crippen molar-refractivity contribution in [2.75, 3.05) is 7.05 Å². The molecular weight excluding hydrogens is 230 g/mol. The third-order valence-electron chi connectivity index (χ3n) is 2.72. The molecular formula is C14H27NO3. The second-order valence-corrected chi connectivity index (χ2v) is 6.02. The summed E-state index contributed by atoms with van der Waals surface area (Å²) in [6, 6.07) is 0. The van der Waals surface area contributed by atoms with Crippen LogP contribution in [0.25, 0.3) is 0 Å². The first-order valence-corrected chi connectivity index (χ1v) is 6.60. The van der Waals surface area contributed by atoms with Crippen molar-refractivity contribution in [1.82, 2.24) is 4.90 Å². The van der Waals surface area contributed by atoms with Crippen LogP contribution in [0.3, 0.4) is 0 Å². The van der Waals surface area contributed by atoms with Crippen molar-refractivity contribution in [3.8, 4) is 0 Å². The van der Waals surface area contributed by atoms with Gasteiger partial charge in [-0.05, 0) is 33.1 Å². The number of hydrogen-bond donors (Lipinski definition) is 0. The molecule has 2 amide bonds. The lowest BCUT2D eigenvalue weighted by molar-refractivity contribution is -0.135. The van der Waals surface area contributed by atoms with Crippen LogP contribution >= 0.6 is 0 Å². The van der Waals surface area contributed by atoms with Gasteiger partial charge in [0.05, 0.1) is 0 Å². The molecule has 0 bridgehead atoms. The van der Waals surface area contributed by atoms with Gasteiger partial charge in [-0.1, -0.05) is 27.2 Å². The Labute approximate surface area is 111 Å². The largest absolute Gasteiger partial charge is 0.443 e. The summed E-state index contributed by atoms with van der Waals surface area (Å²) in [5.74, 6) is -0.0454. The highest BCUT2D eigenvalue weighted by Crippen LogP contribution is 2.20. The van der Waals surface area contributed by atoms with E-state index in [9.17, 15) is 9.59 Å². The Morgan fingerprint density at radius 1 is 1.22 bits per heavy atom. The van der Waals surface area contributed by atoms with E-state index in [-0.39, 0.29) is 17.7 Å². The van der Waals surface area contributed by atoms with Gasteiger partial charge in [0.25, 0.3) is 0 Å². The van der Waals surface area contributed by atoms with Crippen LogP contribution in [-0.2, 0) is 9.53 Å². The Morgan fingerprint density at radius 3 is 2.06 bits per heavy atom. The van der Waals surface area contributed by atoms with Gasteiger partial charge in [-0.25, -0.2) is 4.79 Å². The zero-order chi connectivity index (χ0) is 14.5. The molecule has 0 aromatic carbocycles. The lowest BCUT2D eigenvalue weighted by Crippen LogP contribution is -2.42. The van der Waals surface area contributed by atoms with E-state index < -0.39 is 11.7 Å². The van der Waals surface area contributed by atoms with Crippen molar-refractivity contribution < 1.29 is 14.3 Å². The highest BCUT2D eigenvalue weighted by molar-refractivity contribution is 5.93. The zero-order valence-electron chi connectivity index (χ0n) is 12.7. The summed E-state index contributed by atoms with van der Waals surface area (Å²) in [4.78, 5) is 25.1. The molecule has 0 saturated heterocycles. The van der Waals surface area contributed by atoms with Crippen molar-refractivity contribution in [2.24, 2.45) is 11.8 Å². The summed E-state index contributed by atoms with van der Waals surface area (Å²) < 4.78 is 5.19. The highest BCUT2D eigenvalue weighted by Gasteiger charge is 2.30. The van der Waals surface area contributed by atoms with Crippen LogP contribution in [0.1, 0.15) is 54.4 Å². The second-order valence-electron chi connectivity index (χ2n) is 6.02. The molecule has 4 nitrogen and oxygen atoms in total. The highest BCUT2D eigenvalue weighted by atomic mass is 16.6. The maximum Gasteiger partial charge on any atom is 0.416 e. The van der Waals surface area contributed by atoms with Crippen LogP contribution in [0.15, 0.2) is 0 Å². The first-order valence-electron chi connectivity index (χ1n) is 6.60. The Kier molecular flexibility index (Phi) is 6.36. The minimum atomic E-state index is -0.580. The summed E-state index contributed by atoms with van der Waals surface area (Å²) in [6.45, 7) is 11.4. The van der Waals surface area contributed by atoms with Gasteiger partial charge >= 0.3 is 6.09 Å². The maximum atomic E-state index is 12.2. The molecule has 1 atom stereocenters. The van der Waals surface area contributed by atoms with E-state index in [0.717, 1.165) is 17.7 Å². The fourth-order valence-corrected chi connectivity index (χ4v) is 1.72. The molecule has 0 spiro atoms. The molecule has 0 heterocycles. The Balaban J connectivity index is 4.70. The number of hydrogen-bond acceptors (Lipinski definition) is 3. The molecule has 18 heavy (non-hydrogen) atoms. The smallest absolute Gasteiger partial charge is 0.416 e. The van der Waals surface area contributed by atoms with Crippen molar-refractivity contribution in [3.63, 3.8) is 0 Å². The van der Waals surface area contributed by atoms with Crippen molar-refractivity contribution >= 4 is 12.0 Å². The third kappa shape index (κ3) is 5.52. The number of carbonyl (C=O) groups is 2. The van der Waals surface area contributed by atoms with Crippen LogP contribution in [0, 0.1) is 11.8 Å². The second kappa shape index (κ2) is 6.76. The molecule has 0 fully saturated rings. The van der Waals surface area contributed by atoms with Gasteiger partial charge in [0.2, 0.25) is 5.91 Å². The number of ether oxygens (including phenoxy) is 1. The first kappa shape index (κ1) is 16.9. The maximum absolute atomic E-state index is 12.2. The summed E-state index contributed by atoms with van der Waals surface area (Å²) in [5, 5.41) is 0. The Morgan fingerprint density at radius 2 is 1.72 bits per heavy atom. The van der Waals surface area contributed by atoms with Crippen molar-refractivity contribution in [1.29, 1.82) is 0 Å². The number of amides is 2. The van der Waals surface area contributed by atoms with E-state index in [1.54, 1.807) is 20.8 Å². The van der Waals surface area contributed by atoms with Crippen LogP contribution in [-0.4, -0.2) is 29.5 Å². The molecule has 0 radical (unpaired) electrons. The molecule has 0 aromatic heterocycles. The quantitative estimate of drug-likeness (QED) is 0.775. The van der Waals surface area contributed by atoms with Gasteiger partial charge in [0, 0.05) is 13.0 Å². The Hall–Kier alpha value is -1.06. The monoisotopic (exact) mass is 257 g/mol. The van der Waals surface area contributed by atoms with Crippen LogP contribution in [0.4, 0.5) is 4.79 Å². The lowest BCUT2D eigenvalue weighted by atomic mass is 9.90. The molecule has 0 aliphatic rings. The predicted molar refractivity (Wildman–Crippen MR) is 72.2 cm³/mol. The fourth-order valence-electron chi connectivity index (χ4n) is 1.72. The minimum Gasteiger partial charge on any atom is -0.443 e. The van der Waals surface area contributed by atoms with E-state index in [1.807, 2.05) is 20.8 Å². The number of rotatable bonds is 4. The average molecular weight is 257 g/mol. The van der Waals surface area contributed by atoms with Crippen LogP contribution < -0.4 is 0 Å². The molecule has 0 saturated carbocycles. The van der Waals surface area contributed by atoms with E-state index in [1.165, 1.54) is 7.05 Å². The molecule has 0 rings (SSSR count). The normalized spacial score (nSPS) is 13.3. The fraction of sp³-hybridized carbons (Fsp3) is 0.857. The van der Waals surface area contributed by atoms with Crippen molar-refractivity contribution in [2.45, 2.75) is 60.0 Å². The van der Waals surface area contributed by atoms with E-state index in [2.05, 4.69) is 0 Å². The summed E-state index contributed by atoms with van der Waals surface area (Å²) in [5.41, 5.74) is -0.580. The summed E-state index contributed by atoms with van der Waals surface area (Å²) >= 11 is 0. The molecule has 106 valence electrons. The standard InChI is InChI=1S/C14H27NO3/c1-8-9-11(10(2)3)12(16)15(7)13(17)18-14(4,5)6/h10-11H,8-9H2,1-7H3/t11-/m0/s1. The predicted octanol–water partition coefficient (Wildman–Crippen LogP) is 3.45. The molecule has 4 heteroatoms. The summed E-state index contributed by atoms with van der Waals surface area (Å²) in [6.07, 6.45) is 1.15. The lowest BCUT2D eigenvalue weighted by Gasteiger charge is -2.27. The minimum absolute atomic E-state index is 0.118.